The van der Waals surface area contributed by atoms with E-state index in [1.165, 1.54) is 19.3 Å². The molecular formula is C17H18FN7O2S. The van der Waals surface area contributed by atoms with Gasteiger partial charge >= 0.3 is 0 Å². The first kappa shape index (κ1) is 19.6. The normalized spacial score (nSPS) is 11.2. The van der Waals surface area contributed by atoms with Gasteiger partial charge in [-0.1, -0.05) is 0 Å². The van der Waals surface area contributed by atoms with Gasteiger partial charge in [-0.05, 0) is 35.7 Å². The summed E-state index contributed by atoms with van der Waals surface area (Å²) in [6.45, 7) is 1.87. The second-order valence-electron chi connectivity index (χ2n) is 5.79. The van der Waals surface area contributed by atoms with Crippen molar-refractivity contribution in [3.05, 3.63) is 65.6 Å². The van der Waals surface area contributed by atoms with Gasteiger partial charge in [0, 0.05) is 38.3 Å². The molecule has 0 atom stereocenters. The maximum Gasteiger partial charge on any atom is 0.300 e. The van der Waals surface area contributed by atoms with E-state index in [1.54, 1.807) is 30.9 Å². The van der Waals surface area contributed by atoms with Gasteiger partial charge in [-0.25, -0.2) is 24.1 Å². The Morgan fingerprint density at radius 2 is 1.82 bits per heavy atom. The Kier molecular flexibility index (Phi) is 5.76. The predicted molar refractivity (Wildman–Crippen MR) is 103 cm³/mol. The van der Waals surface area contributed by atoms with Crippen molar-refractivity contribution in [2.75, 3.05) is 17.1 Å². The zero-order valence-corrected chi connectivity index (χ0v) is 16.0. The fourth-order valence-corrected chi connectivity index (χ4v) is 2.93. The quantitative estimate of drug-likeness (QED) is 0.551. The molecule has 3 aromatic rings. The van der Waals surface area contributed by atoms with E-state index in [2.05, 4.69) is 34.7 Å². The molecule has 11 heteroatoms. The van der Waals surface area contributed by atoms with Crippen molar-refractivity contribution >= 4 is 27.7 Å². The highest BCUT2D eigenvalue weighted by Crippen LogP contribution is 2.24. The first-order chi connectivity index (χ1) is 13.4. The third kappa shape index (κ3) is 4.56. The Balaban J connectivity index is 1.87. The van der Waals surface area contributed by atoms with Gasteiger partial charge in [-0.3, -0.25) is 9.71 Å². The van der Waals surface area contributed by atoms with E-state index in [9.17, 15) is 12.8 Å². The third-order valence-electron chi connectivity index (χ3n) is 3.98. The van der Waals surface area contributed by atoms with Gasteiger partial charge in [-0.2, -0.15) is 8.42 Å². The van der Waals surface area contributed by atoms with Crippen LogP contribution in [0, 0.1) is 12.7 Å². The second kappa shape index (κ2) is 8.23. The first-order valence-corrected chi connectivity index (χ1v) is 9.70. The summed E-state index contributed by atoms with van der Waals surface area (Å²) in [7, 11) is -2.66. The van der Waals surface area contributed by atoms with E-state index in [4.69, 9.17) is 0 Å². The average molecular weight is 403 g/mol. The van der Waals surface area contributed by atoms with E-state index in [1.807, 2.05) is 6.92 Å². The lowest BCUT2D eigenvalue weighted by Gasteiger charge is -2.13. The number of nitrogens with one attached hydrogen (secondary N) is 3. The van der Waals surface area contributed by atoms with Gasteiger partial charge in [-0.15, -0.1) is 0 Å². The SMILES string of the molecule is CNS(=O)(=O)Nc1nccc(Cc2cncc(Nc3ncccn3)c2C)c1F. The highest BCUT2D eigenvalue weighted by atomic mass is 32.2. The Morgan fingerprint density at radius 1 is 1.07 bits per heavy atom. The third-order valence-corrected chi connectivity index (χ3v) is 4.98. The van der Waals surface area contributed by atoms with Crippen LogP contribution < -0.4 is 14.8 Å². The maximum absolute atomic E-state index is 14.7. The Morgan fingerprint density at radius 3 is 2.54 bits per heavy atom. The van der Waals surface area contributed by atoms with Crippen LogP contribution in [0.25, 0.3) is 0 Å². The van der Waals surface area contributed by atoms with Crippen LogP contribution >= 0.6 is 0 Å². The van der Waals surface area contributed by atoms with Crippen LogP contribution in [-0.2, 0) is 16.6 Å². The van der Waals surface area contributed by atoms with Gasteiger partial charge in [0.1, 0.15) is 0 Å². The lowest BCUT2D eigenvalue weighted by atomic mass is 10.0. The smallest absolute Gasteiger partial charge is 0.300 e. The fraction of sp³-hybridized carbons (Fsp3) is 0.176. The summed E-state index contributed by atoms with van der Waals surface area (Å²) in [5.74, 6) is -0.696. The van der Waals surface area contributed by atoms with Crippen molar-refractivity contribution in [1.82, 2.24) is 24.7 Å². The van der Waals surface area contributed by atoms with E-state index >= 15 is 0 Å². The standard InChI is InChI=1S/C17H18FN7O2S/c1-11-13(9-20-10-14(11)24-17-22-5-3-6-23-17)8-12-4-7-21-16(15(12)18)25-28(26,27)19-2/h3-7,9-10,19H,8H2,1-2H3,(H,21,25)(H,22,23,24). The van der Waals surface area contributed by atoms with Crippen LogP contribution in [0.3, 0.4) is 0 Å². The van der Waals surface area contributed by atoms with Crippen molar-refractivity contribution in [3.63, 3.8) is 0 Å². The minimum Gasteiger partial charge on any atom is -0.323 e. The van der Waals surface area contributed by atoms with Gasteiger partial charge in [0.05, 0.1) is 11.9 Å². The number of nitrogens with zero attached hydrogens (tertiary/aromatic N) is 4. The molecule has 0 aromatic carbocycles. The van der Waals surface area contributed by atoms with Crippen LogP contribution in [-0.4, -0.2) is 35.4 Å². The van der Waals surface area contributed by atoms with E-state index in [0.717, 1.165) is 11.1 Å². The molecule has 0 unspecified atom stereocenters. The van der Waals surface area contributed by atoms with Crippen molar-refractivity contribution in [1.29, 1.82) is 0 Å². The average Bonchev–Trinajstić information content (AvgIpc) is 2.69. The lowest BCUT2D eigenvalue weighted by Crippen LogP contribution is -2.27. The summed E-state index contributed by atoms with van der Waals surface area (Å²) in [6.07, 6.45) is 8.03. The van der Waals surface area contributed by atoms with Crippen LogP contribution in [0.15, 0.2) is 43.1 Å². The molecule has 0 radical (unpaired) electrons. The summed E-state index contributed by atoms with van der Waals surface area (Å²) < 4.78 is 42.0. The molecule has 3 rings (SSSR count). The number of aromatic nitrogens is 4. The maximum atomic E-state index is 14.7. The molecule has 28 heavy (non-hydrogen) atoms. The molecule has 0 saturated heterocycles. The van der Waals surface area contributed by atoms with Crippen molar-refractivity contribution in [2.24, 2.45) is 0 Å². The van der Waals surface area contributed by atoms with Crippen molar-refractivity contribution < 1.29 is 12.8 Å². The summed E-state index contributed by atoms with van der Waals surface area (Å²) in [4.78, 5) is 16.2. The number of hydrogen-bond donors (Lipinski definition) is 3. The van der Waals surface area contributed by atoms with E-state index < -0.39 is 16.0 Å². The number of halogens is 1. The Labute approximate surface area is 161 Å². The van der Waals surface area contributed by atoms with Crippen LogP contribution in [0.2, 0.25) is 0 Å². The zero-order chi connectivity index (χ0) is 20.1. The highest BCUT2D eigenvalue weighted by molar-refractivity contribution is 7.90. The van der Waals surface area contributed by atoms with Gasteiger partial charge in [0.2, 0.25) is 5.95 Å². The summed E-state index contributed by atoms with van der Waals surface area (Å²) in [6, 6.07) is 3.20. The molecule has 146 valence electrons. The summed E-state index contributed by atoms with van der Waals surface area (Å²) in [5.41, 5.74) is 2.57. The largest absolute Gasteiger partial charge is 0.323 e. The number of hydrogen-bond acceptors (Lipinski definition) is 7. The van der Waals surface area contributed by atoms with Gasteiger partial charge in [0.25, 0.3) is 10.2 Å². The monoisotopic (exact) mass is 403 g/mol. The molecule has 3 N–H and O–H groups in total. The van der Waals surface area contributed by atoms with Gasteiger partial charge < -0.3 is 5.32 Å². The number of pyridine rings is 2. The zero-order valence-electron chi connectivity index (χ0n) is 15.1. The molecule has 0 aliphatic rings. The minimum absolute atomic E-state index is 0.201. The molecule has 0 spiro atoms. The second-order valence-corrected chi connectivity index (χ2v) is 7.41. The molecule has 0 fully saturated rings. The summed E-state index contributed by atoms with van der Waals surface area (Å²) in [5, 5.41) is 3.07. The Hall–Kier alpha value is -3.18. The van der Waals surface area contributed by atoms with Crippen LogP contribution in [0.5, 0.6) is 0 Å². The van der Waals surface area contributed by atoms with E-state index in [0.29, 0.717) is 11.6 Å². The molecule has 0 aliphatic carbocycles. The molecule has 3 aromatic heterocycles. The van der Waals surface area contributed by atoms with Gasteiger partial charge in [0.15, 0.2) is 11.6 Å². The number of rotatable bonds is 7. The van der Waals surface area contributed by atoms with Crippen LogP contribution in [0.4, 0.5) is 21.8 Å². The Bertz CT molecular complexity index is 1080. The summed E-state index contributed by atoms with van der Waals surface area (Å²) >= 11 is 0. The van der Waals surface area contributed by atoms with E-state index in [-0.39, 0.29) is 17.8 Å². The molecule has 0 saturated carbocycles. The van der Waals surface area contributed by atoms with Crippen LogP contribution in [0.1, 0.15) is 16.7 Å². The highest BCUT2D eigenvalue weighted by Gasteiger charge is 2.16. The minimum atomic E-state index is -3.87. The first-order valence-electron chi connectivity index (χ1n) is 8.22. The molecule has 0 bridgehead atoms. The fourth-order valence-electron chi connectivity index (χ4n) is 2.43. The molecule has 0 aliphatic heterocycles. The predicted octanol–water partition coefficient (Wildman–Crippen LogP) is 1.92. The van der Waals surface area contributed by atoms with Crippen molar-refractivity contribution in [2.45, 2.75) is 13.3 Å². The topological polar surface area (TPSA) is 122 Å². The molecule has 0 amide bonds. The molecular weight excluding hydrogens is 385 g/mol. The molecule has 9 nitrogen and oxygen atoms in total. The number of anilines is 3. The lowest BCUT2D eigenvalue weighted by molar-refractivity contribution is 0.589. The van der Waals surface area contributed by atoms with Crippen molar-refractivity contribution in [3.8, 4) is 0 Å². The molecule has 3 heterocycles.